The van der Waals surface area contributed by atoms with Gasteiger partial charge >= 0.3 is 6.03 Å². The molecule has 6 nitrogen and oxygen atoms in total. The Hall–Kier alpha value is -2.89. The second kappa shape index (κ2) is 7.78. The van der Waals surface area contributed by atoms with E-state index < -0.39 is 0 Å². The number of urea groups is 1. The summed E-state index contributed by atoms with van der Waals surface area (Å²) >= 11 is 0. The third-order valence-corrected chi connectivity index (χ3v) is 5.51. The van der Waals surface area contributed by atoms with E-state index in [-0.39, 0.29) is 30.1 Å². The van der Waals surface area contributed by atoms with Crippen LogP contribution in [0.2, 0.25) is 0 Å². The van der Waals surface area contributed by atoms with Crippen LogP contribution in [0, 0.1) is 0 Å². The number of benzene rings is 1. The summed E-state index contributed by atoms with van der Waals surface area (Å²) in [5.74, 6) is -0.0670. The number of anilines is 1. The first-order valence-electron chi connectivity index (χ1n) is 9.56. The van der Waals surface area contributed by atoms with Crippen molar-refractivity contribution in [3.05, 3.63) is 60.4 Å². The second-order valence-electron chi connectivity index (χ2n) is 7.32. The van der Waals surface area contributed by atoms with Crippen molar-refractivity contribution >= 4 is 17.6 Å². The minimum Gasteiger partial charge on any atom is -0.349 e. The Bertz CT molecular complexity index is 782. The molecule has 2 fully saturated rings. The molecule has 2 N–H and O–H groups in total. The van der Waals surface area contributed by atoms with Crippen molar-refractivity contribution in [3.8, 4) is 0 Å². The van der Waals surface area contributed by atoms with Gasteiger partial charge in [-0.15, -0.1) is 0 Å². The van der Waals surface area contributed by atoms with Crippen LogP contribution in [0.25, 0.3) is 0 Å². The molecule has 1 unspecified atom stereocenters. The number of hydrogen-bond acceptors (Lipinski definition) is 3. The van der Waals surface area contributed by atoms with Gasteiger partial charge in [0.1, 0.15) is 0 Å². The topological polar surface area (TPSA) is 74.3 Å². The number of aromatic nitrogens is 1. The molecule has 2 aromatic rings. The van der Waals surface area contributed by atoms with Crippen molar-refractivity contribution in [1.82, 2.24) is 15.2 Å². The smallest absolute Gasteiger partial charge is 0.322 e. The summed E-state index contributed by atoms with van der Waals surface area (Å²) in [5.41, 5.74) is 1.44. The predicted molar refractivity (Wildman–Crippen MR) is 103 cm³/mol. The number of carbonyl (C=O) groups excluding carboxylic acids is 2. The first-order chi connectivity index (χ1) is 13.2. The number of rotatable bonds is 3. The van der Waals surface area contributed by atoms with Gasteiger partial charge in [0.2, 0.25) is 0 Å². The van der Waals surface area contributed by atoms with Crippen LogP contribution in [-0.2, 0) is 0 Å². The van der Waals surface area contributed by atoms with Crippen LogP contribution in [0.1, 0.15) is 42.5 Å². The Labute approximate surface area is 159 Å². The zero-order chi connectivity index (χ0) is 18.6. The Balaban J connectivity index is 1.41. The van der Waals surface area contributed by atoms with Crippen LogP contribution >= 0.6 is 0 Å². The first-order valence-corrected chi connectivity index (χ1v) is 9.56. The molecule has 3 atom stereocenters. The van der Waals surface area contributed by atoms with Gasteiger partial charge in [0.05, 0.1) is 0 Å². The van der Waals surface area contributed by atoms with E-state index in [9.17, 15) is 9.59 Å². The Morgan fingerprint density at radius 1 is 0.963 bits per heavy atom. The van der Waals surface area contributed by atoms with Crippen LogP contribution in [-0.4, -0.2) is 39.9 Å². The molecule has 0 aliphatic carbocycles. The van der Waals surface area contributed by atoms with E-state index in [4.69, 9.17) is 0 Å². The number of fused-ring (bicyclic) bond motifs is 2. The summed E-state index contributed by atoms with van der Waals surface area (Å²) in [6.45, 7) is 0. The van der Waals surface area contributed by atoms with Crippen LogP contribution < -0.4 is 10.6 Å². The zero-order valence-corrected chi connectivity index (χ0v) is 15.2. The summed E-state index contributed by atoms with van der Waals surface area (Å²) in [5, 5.41) is 6.16. The standard InChI is InChI=1S/C21H24N4O2/c26-20(15-9-11-22-12-10-15)23-17-13-18-7-4-8-19(14-17)25(18)21(27)24-16-5-2-1-3-6-16/h1-3,5-6,9-12,17-19H,4,7-8,13-14H2,(H,23,26)(H,24,27)/t17?,18-,19+. The minimum atomic E-state index is -0.0670. The van der Waals surface area contributed by atoms with Gasteiger partial charge in [-0.25, -0.2) is 4.79 Å². The monoisotopic (exact) mass is 364 g/mol. The van der Waals surface area contributed by atoms with Gasteiger partial charge in [0.15, 0.2) is 0 Å². The normalized spacial score (nSPS) is 24.1. The third kappa shape index (κ3) is 3.94. The molecule has 2 bridgehead atoms. The number of nitrogens with one attached hydrogen (secondary N) is 2. The third-order valence-electron chi connectivity index (χ3n) is 5.51. The fourth-order valence-electron chi connectivity index (χ4n) is 4.31. The maximum Gasteiger partial charge on any atom is 0.322 e. The molecule has 0 spiro atoms. The van der Waals surface area contributed by atoms with Gasteiger partial charge in [0, 0.05) is 41.8 Å². The first kappa shape index (κ1) is 17.5. The second-order valence-corrected chi connectivity index (χ2v) is 7.32. The van der Waals surface area contributed by atoms with E-state index >= 15 is 0 Å². The van der Waals surface area contributed by atoms with E-state index in [1.165, 1.54) is 0 Å². The predicted octanol–water partition coefficient (Wildman–Crippen LogP) is 3.43. The summed E-state index contributed by atoms with van der Waals surface area (Å²) in [6.07, 6.45) is 7.96. The summed E-state index contributed by atoms with van der Waals surface area (Å²) < 4.78 is 0. The zero-order valence-electron chi connectivity index (χ0n) is 15.2. The fraction of sp³-hybridized carbons (Fsp3) is 0.381. The van der Waals surface area contributed by atoms with Gasteiger partial charge < -0.3 is 15.5 Å². The fourth-order valence-corrected chi connectivity index (χ4v) is 4.31. The molecule has 3 heterocycles. The van der Waals surface area contributed by atoms with Crippen LogP contribution in [0.5, 0.6) is 0 Å². The van der Waals surface area contributed by atoms with Crippen molar-refractivity contribution in [2.45, 2.75) is 50.2 Å². The lowest BCUT2D eigenvalue weighted by atomic mass is 9.82. The van der Waals surface area contributed by atoms with E-state index in [1.54, 1.807) is 24.5 Å². The van der Waals surface area contributed by atoms with Gasteiger partial charge in [-0.2, -0.15) is 0 Å². The van der Waals surface area contributed by atoms with E-state index in [1.807, 2.05) is 35.2 Å². The van der Waals surface area contributed by atoms with Gasteiger partial charge in [-0.1, -0.05) is 18.2 Å². The van der Waals surface area contributed by atoms with Crippen LogP contribution in [0.4, 0.5) is 10.5 Å². The highest BCUT2D eigenvalue weighted by molar-refractivity contribution is 5.94. The van der Waals surface area contributed by atoms with Crippen molar-refractivity contribution in [2.75, 3.05) is 5.32 Å². The number of amides is 3. The van der Waals surface area contributed by atoms with Crippen molar-refractivity contribution < 1.29 is 9.59 Å². The van der Waals surface area contributed by atoms with E-state index in [0.717, 1.165) is 37.8 Å². The average Bonchev–Trinajstić information content (AvgIpc) is 2.68. The molecule has 4 rings (SSSR count). The van der Waals surface area contributed by atoms with Crippen LogP contribution in [0.15, 0.2) is 54.9 Å². The van der Waals surface area contributed by atoms with Gasteiger partial charge in [-0.05, 0) is 56.4 Å². The lowest BCUT2D eigenvalue weighted by molar-refractivity contribution is 0.0577. The number of pyridine rings is 1. The number of nitrogens with zero attached hydrogens (tertiary/aromatic N) is 2. The molecule has 0 radical (unpaired) electrons. The number of piperidine rings is 2. The maximum atomic E-state index is 12.9. The Kier molecular flexibility index (Phi) is 5.05. The van der Waals surface area contributed by atoms with Crippen molar-refractivity contribution in [3.63, 3.8) is 0 Å². The molecule has 2 saturated heterocycles. The number of para-hydroxylation sites is 1. The summed E-state index contributed by atoms with van der Waals surface area (Å²) in [6, 6.07) is 13.4. The average molecular weight is 364 g/mol. The highest BCUT2D eigenvalue weighted by atomic mass is 16.2. The highest BCUT2D eigenvalue weighted by Crippen LogP contribution is 2.34. The molecule has 1 aromatic carbocycles. The lowest BCUT2D eigenvalue weighted by Crippen LogP contribution is -2.59. The van der Waals surface area contributed by atoms with Crippen molar-refractivity contribution in [2.24, 2.45) is 0 Å². The molecular weight excluding hydrogens is 340 g/mol. The summed E-state index contributed by atoms with van der Waals surface area (Å²) in [7, 11) is 0. The molecule has 3 amide bonds. The summed E-state index contributed by atoms with van der Waals surface area (Å²) in [4.78, 5) is 31.3. The number of carbonyl (C=O) groups is 2. The molecule has 140 valence electrons. The van der Waals surface area contributed by atoms with Gasteiger partial charge in [0.25, 0.3) is 5.91 Å². The Morgan fingerprint density at radius 3 is 2.30 bits per heavy atom. The largest absolute Gasteiger partial charge is 0.349 e. The maximum absolute atomic E-state index is 12.9. The minimum absolute atomic E-state index is 0.0326. The molecular formula is C21H24N4O2. The molecule has 2 aliphatic rings. The molecule has 1 aromatic heterocycles. The van der Waals surface area contributed by atoms with Crippen molar-refractivity contribution in [1.29, 1.82) is 0 Å². The highest BCUT2D eigenvalue weighted by Gasteiger charge is 2.41. The Morgan fingerprint density at radius 2 is 1.63 bits per heavy atom. The quantitative estimate of drug-likeness (QED) is 0.876. The van der Waals surface area contributed by atoms with E-state index in [2.05, 4.69) is 15.6 Å². The number of hydrogen-bond donors (Lipinski definition) is 2. The lowest BCUT2D eigenvalue weighted by Gasteiger charge is -2.48. The molecule has 6 heteroatoms. The molecule has 0 saturated carbocycles. The molecule has 27 heavy (non-hydrogen) atoms. The van der Waals surface area contributed by atoms with E-state index in [0.29, 0.717) is 5.56 Å². The molecule has 2 aliphatic heterocycles. The van der Waals surface area contributed by atoms with Gasteiger partial charge in [-0.3, -0.25) is 9.78 Å². The SMILES string of the molecule is O=C(NC1C[C@H]2CCC[C@@H](C1)N2C(=O)Nc1ccccc1)c1ccncc1. The van der Waals surface area contributed by atoms with Crippen LogP contribution in [0.3, 0.4) is 0 Å².